The van der Waals surface area contributed by atoms with Crippen molar-refractivity contribution in [3.05, 3.63) is 0 Å². The van der Waals surface area contributed by atoms with E-state index in [9.17, 15) is 9.36 Å². The summed E-state index contributed by atoms with van der Waals surface area (Å²) in [5.74, 6) is 0.0579. The number of Topliss-reactive ketones (excluding diaryl/α,β-unsaturated/α-hetero) is 1. The predicted octanol–water partition coefficient (Wildman–Crippen LogP) is 4.32. The Morgan fingerprint density at radius 3 is 2.16 bits per heavy atom. The van der Waals surface area contributed by atoms with E-state index in [1.807, 2.05) is 0 Å². The smallest absolute Gasteiger partial charge is 0.308 e. The Balaban J connectivity index is 2.65. The molecule has 0 aromatic carbocycles. The molecule has 1 atom stereocenters. The van der Waals surface area contributed by atoms with Crippen LogP contribution in [0.15, 0.2) is 0 Å². The van der Waals surface area contributed by atoms with E-state index in [2.05, 4.69) is 13.8 Å². The van der Waals surface area contributed by atoms with Gasteiger partial charge in [0.25, 0.3) is 0 Å². The van der Waals surface area contributed by atoms with Crippen molar-refractivity contribution in [1.29, 1.82) is 0 Å². The summed E-state index contributed by atoms with van der Waals surface area (Å²) >= 11 is 0. The zero-order chi connectivity index (χ0) is 14.1. The van der Waals surface area contributed by atoms with Crippen molar-refractivity contribution >= 4 is 13.4 Å². The molecule has 0 N–H and O–H groups in total. The summed E-state index contributed by atoms with van der Waals surface area (Å²) < 4.78 is 23.9. The lowest BCUT2D eigenvalue weighted by Crippen LogP contribution is -2.27. The molecule has 0 aromatic rings. The summed E-state index contributed by atoms with van der Waals surface area (Å²) in [6.07, 6.45) is 6.66. The minimum atomic E-state index is -3.26. The zero-order valence-corrected chi connectivity index (χ0v) is 13.1. The van der Waals surface area contributed by atoms with Crippen molar-refractivity contribution < 1.29 is 18.4 Å². The van der Waals surface area contributed by atoms with Crippen LogP contribution in [0, 0.1) is 0 Å². The Bertz CT molecular complexity index is 303. The molecule has 1 saturated carbocycles. The number of ketones is 1. The Morgan fingerprint density at radius 1 is 1.11 bits per heavy atom. The van der Waals surface area contributed by atoms with Crippen LogP contribution in [0.2, 0.25) is 0 Å². The Kier molecular flexibility index (Phi) is 7.89. The molecule has 0 heterocycles. The number of hydrogen-bond donors (Lipinski definition) is 0. The molecule has 112 valence electrons. The number of carbonyl (C=O) groups excluding carboxylic acids is 1. The van der Waals surface area contributed by atoms with E-state index in [1.165, 1.54) is 0 Å². The van der Waals surface area contributed by atoms with Gasteiger partial charge in [-0.25, -0.2) is 0 Å². The van der Waals surface area contributed by atoms with Crippen LogP contribution < -0.4 is 0 Å². The van der Waals surface area contributed by atoms with E-state index < -0.39 is 13.3 Å². The van der Waals surface area contributed by atoms with E-state index in [1.54, 1.807) is 0 Å². The number of hydrogen-bond acceptors (Lipinski definition) is 4. The fourth-order valence-corrected chi connectivity index (χ4v) is 4.37. The van der Waals surface area contributed by atoms with E-state index >= 15 is 0 Å². The first-order valence-electron chi connectivity index (χ1n) is 7.55. The van der Waals surface area contributed by atoms with Gasteiger partial charge < -0.3 is 9.05 Å². The summed E-state index contributed by atoms with van der Waals surface area (Å²) in [4.78, 5) is 12.0. The summed E-state index contributed by atoms with van der Waals surface area (Å²) in [5.41, 5.74) is -0.519. The van der Waals surface area contributed by atoms with Crippen molar-refractivity contribution in [2.75, 3.05) is 13.2 Å². The molecule has 0 aliphatic heterocycles. The number of rotatable bonds is 9. The maximum Gasteiger partial charge on any atom is 0.341 e. The third kappa shape index (κ3) is 5.37. The largest absolute Gasteiger partial charge is 0.341 e. The molecule has 0 amide bonds. The highest BCUT2D eigenvalue weighted by atomic mass is 31.2. The van der Waals surface area contributed by atoms with Crippen LogP contribution in [0.1, 0.15) is 65.2 Å². The first-order valence-corrected chi connectivity index (χ1v) is 9.16. The van der Waals surface area contributed by atoms with Crippen molar-refractivity contribution in [2.45, 2.75) is 70.9 Å². The predicted molar refractivity (Wildman–Crippen MR) is 76.6 cm³/mol. The molecule has 0 bridgehead atoms. The summed E-state index contributed by atoms with van der Waals surface area (Å²) in [6.45, 7) is 4.95. The van der Waals surface area contributed by atoms with Gasteiger partial charge in [0.05, 0.1) is 13.2 Å². The lowest BCUT2D eigenvalue weighted by atomic mass is 9.99. The topological polar surface area (TPSA) is 52.6 Å². The average molecular weight is 290 g/mol. The third-order valence-electron chi connectivity index (χ3n) is 3.44. The molecule has 0 aromatic heterocycles. The van der Waals surface area contributed by atoms with Crippen molar-refractivity contribution in [3.63, 3.8) is 0 Å². The lowest BCUT2D eigenvalue weighted by Gasteiger charge is -2.28. The van der Waals surface area contributed by atoms with Gasteiger partial charge in [-0.2, -0.15) is 0 Å². The molecule has 1 fully saturated rings. The quantitative estimate of drug-likeness (QED) is 0.468. The molecular formula is C14H27O4P. The van der Waals surface area contributed by atoms with Crippen LogP contribution in [0.4, 0.5) is 0 Å². The van der Waals surface area contributed by atoms with Crippen LogP contribution in [0.25, 0.3) is 0 Å². The van der Waals surface area contributed by atoms with Gasteiger partial charge in [0.2, 0.25) is 0 Å². The van der Waals surface area contributed by atoms with Gasteiger partial charge in [-0.15, -0.1) is 0 Å². The third-order valence-corrected chi connectivity index (χ3v) is 5.84. The van der Waals surface area contributed by atoms with Gasteiger partial charge in [-0.3, -0.25) is 9.36 Å². The van der Waals surface area contributed by atoms with E-state index in [0.29, 0.717) is 26.1 Å². The highest BCUT2D eigenvalue weighted by Crippen LogP contribution is 2.56. The fraction of sp³-hybridized carbons (Fsp3) is 0.929. The van der Waals surface area contributed by atoms with E-state index in [-0.39, 0.29) is 5.78 Å². The second-order valence-electron chi connectivity index (χ2n) is 5.14. The van der Waals surface area contributed by atoms with Gasteiger partial charge in [-0.05, 0) is 25.7 Å². The Morgan fingerprint density at radius 2 is 1.68 bits per heavy atom. The maximum absolute atomic E-state index is 12.9. The maximum atomic E-state index is 12.9. The molecule has 4 nitrogen and oxygen atoms in total. The molecule has 19 heavy (non-hydrogen) atoms. The Hall–Kier alpha value is -0.180. The first kappa shape index (κ1) is 16.9. The van der Waals surface area contributed by atoms with Gasteiger partial charge >= 0.3 is 7.60 Å². The van der Waals surface area contributed by atoms with Crippen LogP contribution in [0.3, 0.4) is 0 Å². The highest BCUT2D eigenvalue weighted by molar-refractivity contribution is 7.55. The molecule has 0 spiro atoms. The molecular weight excluding hydrogens is 263 g/mol. The van der Waals surface area contributed by atoms with Crippen molar-refractivity contribution in [2.24, 2.45) is 0 Å². The van der Waals surface area contributed by atoms with Crippen LogP contribution in [0.5, 0.6) is 0 Å². The molecule has 0 saturated heterocycles. The normalized spacial score (nSPS) is 20.7. The summed E-state index contributed by atoms with van der Waals surface area (Å²) in [6, 6.07) is 0. The van der Waals surface area contributed by atoms with Crippen molar-refractivity contribution in [3.8, 4) is 0 Å². The average Bonchev–Trinajstić information content (AvgIpc) is 2.40. The first-order chi connectivity index (χ1) is 9.14. The standard InChI is InChI=1S/C14H27O4P/c1-3-5-11-17-19(16,18-12-6-4-2)14-10-8-7-9-13(14)15/h14H,3-12H2,1-2H3. The highest BCUT2D eigenvalue weighted by Gasteiger charge is 2.41. The lowest BCUT2D eigenvalue weighted by molar-refractivity contribution is -0.120. The van der Waals surface area contributed by atoms with Crippen molar-refractivity contribution in [1.82, 2.24) is 0 Å². The second kappa shape index (κ2) is 8.89. The van der Waals surface area contributed by atoms with Crippen LogP contribution >= 0.6 is 7.60 Å². The monoisotopic (exact) mass is 290 g/mol. The molecule has 1 unspecified atom stereocenters. The van der Waals surface area contributed by atoms with Crippen LogP contribution in [-0.4, -0.2) is 24.7 Å². The number of carbonyl (C=O) groups is 1. The molecule has 0 radical (unpaired) electrons. The zero-order valence-electron chi connectivity index (χ0n) is 12.2. The Labute approximate surface area is 116 Å². The molecule has 5 heteroatoms. The second-order valence-corrected chi connectivity index (χ2v) is 7.36. The fourth-order valence-electron chi connectivity index (χ4n) is 2.19. The van der Waals surface area contributed by atoms with Gasteiger partial charge in [-0.1, -0.05) is 33.1 Å². The molecule has 1 rings (SSSR count). The van der Waals surface area contributed by atoms with Gasteiger partial charge in [0.15, 0.2) is 0 Å². The minimum absolute atomic E-state index is 0.0579. The van der Waals surface area contributed by atoms with Gasteiger partial charge in [0.1, 0.15) is 11.4 Å². The van der Waals surface area contributed by atoms with Gasteiger partial charge in [0, 0.05) is 6.42 Å². The SMILES string of the molecule is CCCCOP(=O)(OCCCC)C1CCCCC1=O. The summed E-state index contributed by atoms with van der Waals surface area (Å²) in [7, 11) is -3.26. The molecule has 1 aliphatic carbocycles. The number of unbranched alkanes of at least 4 members (excludes halogenated alkanes) is 2. The van der Waals surface area contributed by atoms with Crippen LogP contribution in [-0.2, 0) is 18.4 Å². The summed E-state index contributed by atoms with van der Waals surface area (Å²) in [5, 5.41) is 0. The molecule has 1 aliphatic rings. The minimum Gasteiger partial charge on any atom is -0.308 e. The van der Waals surface area contributed by atoms with E-state index in [0.717, 1.165) is 38.5 Å². The van der Waals surface area contributed by atoms with E-state index in [4.69, 9.17) is 9.05 Å².